The minimum Gasteiger partial charge on any atom is -0.489 e. The van der Waals surface area contributed by atoms with Crippen LogP contribution in [0.15, 0.2) is 48.5 Å². The van der Waals surface area contributed by atoms with Crippen molar-refractivity contribution >= 4 is 11.6 Å². The number of hydrogen-bond donors (Lipinski definition) is 0. The summed E-state index contributed by atoms with van der Waals surface area (Å²) in [6.45, 7) is 6.15. The van der Waals surface area contributed by atoms with Crippen LogP contribution >= 0.6 is 11.6 Å². The second-order valence-corrected chi connectivity index (χ2v) is 6.77. The molecule has 2 aromatic rings. The Labute approximate surface area is 144 Å². The lowest BCUT2D eigenvalue weighted by Gasteiger charge is -2.20. The molecule has 3 rings (SSSR count). The maximum absolute atomic E-state index is 5.92. The Morgan fingerprint density at radius 2 is 1.87 bits per heavy atom. The van der Waals surface area contributed by atoms with Crippen LogP contribution in [0.2, 0.25) is 5.02 Å². The zero-order valence-corrected chi connectivity index (χ0v) is 14.4. The SMILES string of the molecule is CCN(Cc1cccc(OCc2ccc(Cl)cc2)c1)CC1CC1. The third kappa shape index (κ3) is 5.26. The van der Waals surface area contributed by atoms with Crippen molar-refractivity contribution in [2.24, 2.45) is 5.92 Å². The highest BCUT2D eigenvalue weighted by atomic mass is 35.5. The van der Waals surface area contributed by atoms with Gasteiger partial charge in [0.15, 0.2) is 0 Å². The van der Waals surface area contributed by atoms with Gasteiger partial charge < -0.3 is 4.74 Å². The first-order chi connectivity index (χ1) is 11.2. The predicted octanol–water partition coefficient (Wildman–Crippen LogP) is 5.15. The summed E-state index contributed by atoms with van der Waals surface area (Å²) in [4.78, 5) is 2.52. The largest absolute Gasteiger partial charge is 0.489 e. The Morgan fingerprint density at radius 1 is 1.09 bits per heavy atom. The molecular weight excluding hydrogens is 306 g/mol. The van der Waals surface area contributed by atoms with E-state index in [9.17, 15) is 0 Å². The molecule has 23 heavy (non-hydrogen) atoms. The molecule has 1 aliphatic carbocycles. The molecule has 1 aliphatic rings. The third-order valence-electron chi connectivity index (χ3n) is 4.28. The molecule has 2 aromatic carbocycles. The number of nitrogens with zero attached hydrogens (tertiary/aromatic N) is 1. The first-order valence-corrected chi connectivity index (χ1v) is 8.79. The van der Waals surface area contributed by atoms with Gasteiger partial charge in [0.2, 0.25) is 0 Å². The van der Waals surface area contributed by atoms with E-state index in [0.29, 0.717) is 6.61 Å². The Hall–Kier alpha value is -1.51. The van der Waals surface area contributed by atoms with Gasteiger partial charge in [-0.1, -0.05) is 42.8 Å². The Kier molecular flexibility index (Phi) is 5.58. The zero-order valence-electron chi connectivity index (χ0n) is 13.7. The van der Waals surface area contributed by atoms with Gasteiger partial charge in [-0.2, -0.15) is 0 Å². The maximum Gasteiger partial charge on any atom is 0.120 e. The van der Waals surface area contributed by atoms with Crippen molar-refractivity contribution in [1.82, 2.24) is 4.90 Å². The molecular formula is C20H24ClNO. The van der Waals surface area contributed by atoms with Crippen LogP contribution in [-0.2, 0) is 13.2 Å². The third-order valence-corrected chi connectivity index (χ3v) is 4.54. The van der Waals surface area contributed by atoms with E-state index in [-0.39, 0.29) is 0 Å². The number of hydrogen-bond acceptors (Lipinski definition) is 2. The summed E-state index contributed by atoms with van der Waals surface area (Å²) in [7, 11) is 0. The Morgan fingerprint density at radius 3 is 2.57 bits per heavy atom. The van der Waals surface area contributed by atoms with Crippen molar-refractivity contribution in [1.29, 1.82) is 0 Å². The van der Waals surface area contributed by atoms with Gasteiger partial charge in [-0.25, -0.2) is 0 Å². The molecule has 0 aliphatic heterocycles. The van der Waals surface area contributed by atoms with Gasteiger partial charge in [-0.3, -0.25) is 4.90 Å². The van der Waals surface area contributed by atoms with E-state index in [1.807, 2.05) is 30.3 Å². The first kappa shape index (κ1) is 16.4. The lowest BCUT2D eigenvalue weighted by Crippen LogP contribution is -2.25. The molecule has 1 fully saturated rings. The highest BCUT2D eigenvalue weighted by Crippen LogP contribution is 2.30. The lowest BCUT2D eigenvalue weighted by atomic mass is 10.2. The van der Waals surface area contributed by atoms with Crippen molar-refractivity contribution in [2.45, 2.75) is 32.9 Å². The molecule has 0 spiro atoms. The van der Waals surface area contributed by atoms with E-state index in [1.165, 1.54) is 24.9 Å². The van der Waals surface area contributed by atoms with Crippen LogP contribution in [0.4, 0.5) is 0 Å². The molecule has 0 aromatic heterocycles. The summed E-state index contributed by atoms with van der Waals surface area (Å²) in [5, 5.41) is 0.756. The van der Waals surface area contributed by atoms with Crippen molar-refractivity contribution in [3.05, 3.63) is 64.7 Å². The Bertz CT molecular complexity index is 622. The van der Waals surface area contributed by atoms with Crippen molar-refractivity contribution in [3.63, 3.8) is 0 Å². The quantitative estimate of drug-likeness (QED) is 0.664. The average molecular weight is 330 g/mol. The number of ether oxygens (including phenoxy) is 1. The van der Waals surface area contributed by atoms with E-state index in [1.54, 1.807) is 0 Å². The van der Waals surface area contributed by atoms with Gasteiger partial charge >= 0.3 is 0 Å². The van der Waals surface area contributed by atoms with Crippen LogP contribution in [-0.4, -0.2) is 18.0 Å². The van der Waals surface area contributed by atoms with Crippen LogP contribution < -0.4 is 4.74 Å². The van der Waals surface area contributed by atoms with Crippen LogP contribution in [0, 0.1) is 5.92 Å². The van der Waals surface area contributed by atoms with Crippen LogP contribution in [0.3, 0.4) is 0 Å². The predicted molar refractivity (Wildman–Crippen MR) is 95.9 cm³/mol. The van der Waals surface area contributed by atoms with Gasteiger partial charge in [-0.05, 0) is 60.7 Å². The van der Waals surface area contributed by atoms with E-state index >= 15 is 0 Å². The summed E-state index contributed by atoms with van der Waals surface area (Å²) in [5.41, 5.74) is 2.45. The molecule has 0 saturated heterocycles. The van der Waals surface area contributed by atoms with Crippen molar-refractivity contribution < 1.29 is 4.74 Å². The van der Waals surface area contributed by atoms with Crippen molar-refractivity contribution in [2.75, 3.05) is 13.1 Å². The zero-order chi connectivity index (χ0) is 16.1. The maximum atomic E-state index is 5.92. The summed E-state index contributed by atoms with van der Waals surface area (Å²) < 4.78 is 5.92. The highest BCUT2D eigenvalue weighted by Gasteiger charge is 2.23. The molecule has 2 nitrogen and oxygen atoms in total. The standard InChI is InChI=1S/C20H24ClNO/c1-2-22(13-16-6-7-16)14-18-4-3-5-20(12-18)23-15-17-8-10-19(21)11-9-17/h3-5,8-12,16H,2,6-7,13-15H2,1H3. The lowest BCUT2D eigenvalue weighted by molar-refractivity contribution is 0.267. The Balaban J connectivity index is 1.56. The molecule has 0 atom stereocenters. The normalized spacial score (nSPS) is 14.2. The van der Waals surface area contributed by atoms with Gasteiger partial charge in [-0.15, -0.1) is 0 Å². The molecule has 0 heterocycles. The minimum absolute atomic E-state index is 0.570. The first-order valence-electron chi connectivity index (χ1n) is 8.41. The number of rotatable bonds is 8. The summed E-state index contributed by atoms with van der Waals surface area (Å²) >= 11 is 5.91. The molecule has 0 unspecified atom stereocenters. The van der Waals surface area contributed by atoms with E-state index in [0.717, 1.165) is 35.3 Å². The van der Waals surface area contributed by atoms with Gasteiger partial charge in [0, 0.05) is 18.1 Å². The molecule has 0 radical (unpaired) electrons. The summed E-state index contributed by atoms with van der Waals surface area (Å²) in [6.07, 6.45) is 2.81. The minimum atomic E-state index is 0.570. The number of halogens is 1. The van der Waals surface area contributed by atoms with E-state index in [2.05, 4.69) is 30.0 Å². The molecule has 1 saturated carbocycles. The topological polar surface area (TPSA) is 12.5 Å². The fourth-order valence-electron chi connectivity index (χ4n) is 2.71. The average Bonchev–Trinajstić information content (AvgIpc) is 3.38. The van der Waals surface area contributed by atoms with Gasteiger partial charge in [0.1, 0.15) is 12.4 Å². The monoisotopic (exact) mass is 329 g/mol. The van der Waals surface area contributed by atoms with Gasteiger partial charge in [0.05, 0.1) is 0 Å². The van der Waals surface area contributed by atoms with Crippen LogP contribution in [0.5, 0.6) is 5.75 Å². The summed E-state index contributed by atoms with van der Waals surface area (Å²) in [5.74, 6) is 1.86. The fraction of sp³-hybridized carbons (Fsp3) is 0.400. The van der Waals surface area contributed by atoms with E-state index < -0.39 is 0 Å². The molecule has 3 heteroatoms. The van der Waals surface area contributed by atoms with E-state index in [4.69, 9.17) is 16.3 Å². The fourth-order valence-corrected chi connectivity index (χ4v) is 2.84. The highest BCUT2D eigenvalue weighted by molar-refractivity contribution is 6.30. The van der Waals surface area contributed by atoms with Gasteiger partial charge in [0.25, 0.3) is 0 Å². The smallest absolute Gasteiger partial charge is 0.120 e. The molecule has 122 valence electrons. The molecule has 0 bridgehead atoms. The molecule has 0 amide bonds. The number of benzene rings is 2. The summed E-state index contributed by atoms with van der Waals surface area (Å²) in [6, 6.07) is 16.2. The second-order valence-electron chi connectivity index (χ2n) is 6.33. The molecule has 0 N–H and O–H groups in total. The van der Waals surface area contributed by atoms with Crippen LogP contribution in [0.1, 0.15) is 30.9 Å². The van der Waals surface area contributed by atoms with Crippen molar-refractivity contribution in [3.8, 4) is 5.75 Å². The second kappa shape index (κ2) is 7.85. The van der Waals surface area contributed by atoms with Crippen LogP contribution in [0.25, 0.3) is 0 Å².